The molecule has 0 atom stereocenters. The molecule has 1 aromatic rings. The number of hydrogen-bond acceptors (Lipinski definition) is 2. The number of aryl methyl sites for hydroxylation is 3. The SMILES string of the molecule is Cc1ccc(CCCCC(C)(C)C(=O)O)c(CCCCC2(C(=O)O)CC2)c1. The summed E-state index contributed by atoms with van der Waals surface area (Å²) in [4.78, 5) is 22.5. The number of hydrogen-bond donors (Lipinski definition) is 2. The molecule has 0 spiro atoms. The Morgan fingerprint density at radius 3 is 2.22 bits per heavy atom. The smallest absolute Gasteiger partial charge is 0.309 e. The van der Waals surface area contributed by atoms with E-state index in [1.54, 1.807) is 13.8 Å². The summed E-state index contributed by atoms with van der Waals surface area (Å²) in [5.41, 5.74) is 2.91. The first-order valence-electron chi connectivity index (χ1n) is 10.2. The number of carboxylic acid groups (broad SMARTS) is 2. The van der Waals surface area contributed by atoms with Crippen LogP contribution in [0.15, 0.2) is 18.2 Å². The Bertz CT molecular complexity index is 671. The molecule has 1 aromatic carbocycles. The van der Waals surface area contributed by atoms with Gasteiger partial charge in [0.2, 0.25) is 0 Å². The maximum Gasteiger partial charge on any atom is 0.309 e. The lowest BCUT2D eigenvalue weighted by molar-refractivity contribution is -0.147. The van der Waals surface area contributed by atoms with Gasteiger partial charge in [-0.3, -0.25) is 9.59 Å². The number of unbranched alkanes of at least 4 members (excludes halogenated alkanes) is 2. The zero-order valence-corrected chi connectivity index (χ0v) is 17.0. The molecule has 1 fully saturated rings. The van der Waals surface area contributed by atoms with Gasteiger partial charge in [-0.05, 0) is 83.3 Å². The van der Waals surface area contributed by atoms with Gasteiger partial charge in [0.1, 0.15) is 0 Å². The van der Waals surface area contributed by atoms with Crippen molar-refractivity contribution >= 4 is 11.9 Å². The Labute approximate surface area is 163 Å². The number of carbonyl (C=O) groups is 2. The molecule has 0 radical (unpaired) electrons. The lowest BCUT2D eigenvalue weighted by Gasteiger charge is -2.19. The predicted molar refractivity (Wildman–Crippen MR) is 107 cm³/mol. The first kappa shape index (κ1) is 21.5. The molecule has 150 valence electrons. The van der Waals surface area contributed by atoms with E-state index in [1.807, 2.05) is 0 Å². The predicted octanol–water partition coefficient (Wildman–Crippen LogP) is 5.40. The van der Waals surface area contributed by atoms with Crippen molar-refractivity contribution in [3.05, 3.63) is 34.9 Å². The maximum absolute atomic E-state index is 11.3. The van der Waals surface area contributed by atoms with E-state index in [9.17, 15) is 19.8 Å². The second-order valence-corrected chi connectivity index (χ2v) is 8.96. The molecule has 0 heterocycles. The van der Waals surface area contributed by atoms with Gasteiger partial charge in [-0.1, -0.05) is 36.6 Å². The van der Waals surface area contributed by atoms with Crippen molar-refractivity contribution in [3.63, 3.8) is 0 Å². The van der Waals surface area contributed by atoms with Crippen LogP contribution in [0.1, 0.15) is 81.9 Å². The van der Waals surface area contributed by atoms with Crippen molar-refractivity contribution < 1.29 is 19.8 Å². The molecule has 0 saturated heterocycles. The van der Waals surface area contributed by atoms with Crippen LogP contribution in [0, 0.1) is 17.8 Å². The molecule has 0 aromatic heterocycles. The highest BCUT2D eigenvalue weighted by molar-refractivity contribution is 5.77. The highest BCUT2D eigenvalue weighted by atomic mass is 16.4. The van der Waals surface area contributed by atoms with Crippen molar-refractivity contribution in [1.82, 2.24) is 0 Å². The quantitative estimate of drug-likeness (QED) is 0.481. The van der Waals surface area contributed by atoms with Crippen molar-refractivity contribution in [3.8, 4) is 0 Å². The molecule has 4 nitrogen and oxygen atoms in total. The fraction of sp³-hybridized carbons (Fsp3) is 0.652. The summed E-state index contributed by atoms with van der Waals surface area (Å²) in [5, 5.41) is 18.5. The van der Waals surface area contributed by atoms with Crippen molar-refractivity contribution in [1.29, 1.82) is 0 Å². The van der Waals surface area contributed by atoms with Crippen molar-refractivity contribution in [2.24, 2.45) is 10.8 Å². The Hall–Kier alpha value is -1.84. The molecule has 0 bridgehead atoms. The number of aliphatic carboxylic acids is 2. The maximum atomic E-state index is 11.3. The first-order chi connectivity index (χ1) is 12.7. The van der Waals surface area contributed by atoms with Gasteiger partial charge in [-0.15, -0.1) is 0 Å². The lowest BCUT2D eigenvalue weighted by Crippen LogP contribution is -2.23. The van der Waals surface area contributed by atoms with Crippen LogP contribution in [0.3, 0.4) is 0 Å². The Morgan fingerprint density at radius 2 is 1.63 bits per heavy atom. The molecule has 4 heteroatoms. The summed E-state index contributed by atoms with van der Waals surface area (Å²) in [6, 6.07) is 6.59. The van der Waals surface area contributed by atoms with Gasteiger partial charge in [0.05, 0.1) is 10.8 Å². The third-order valence-corrected chi connectivity index (χ3v) is 6.10. The van der Waals surface area contributed by atoms with Crippen LogP contribution in [0.5, 0.6) is 0 Å². The highest BCUT2D eigenvalue weighted by Crippen LogP contribution is 2.50. The molecule has 1 saturated carbocycles. The minimum Gasteiger partial charge on any atom is -0.481 e. The molecule has 0 amide bonds. The normalized spacial score (nSPS) is 15.5. The molecule has 1 aliphatic rings. The number of carboxylic acids is 2. The zero-order valence-electron chi connectivity index (χ0n) is 17.0. The fourth-order valence-corrected chi connectivity index (χ4v) is 3.72. The number of rotatable bonds is 12. The van der Waals surface area contributed by atoms with Crippen LogP contribution in [-0.2, 0) is 22.4 Å². The van der Waals surface area contributed by atoms with Gasteiger partial charge in [0.15, 0.2) is 0 Å². The Balaban J connectivity index is 1.81. The Kier molecular flexibility index (Phi) is 7.07. The largest absolute Gasteiger partial charge is 0.481 e. The average Bonchev–Trinajstić information content (AvgIpc) is 3.38. The molecule has 1 aliphatic carbocycles. The molecule has 2 N–H and O–H groups in total. The third kappa shape index (κ3) is 6.08. The zero-order chi connectivity index (χ0) is 20.1. The molecular formula is C23H34O4. The Morgan fingerprint density at radius 1 is 1.00 bits per heavy atom. The van der Waals surface area contributed by atoms with E-state index in [4.69, 9.17) is 0 Å². The van der Waals surface area contributed by atoms with Gasteiger partial charge in [0, 0.05) is 0 Å². The number of benzene rings is 1. The van der Waals surface area contributed by atoms with Crippen LogP contribution >= 0.6 is 0 Å². The van der Waals surface area contributed by atoms with Crippen LogP contribution in [-0.4, -0.2) is 22.2 Å². The topological polar surface area (TPSA) is 74.6 Å². The molecule has 2 rings (SSSR count). The molecule has 27 heavy (non-hydrogen) atoms. The minimum atomic E-state index is -0.728. The highest BCUT2D eigenvalue weighted by Gasteiger charge is 2.49. The van der Waals surface area contributed by atoms with Crippen LogP contribution in [0.25, 0.3) is 0 Å². The first-order valence-corrected chi connectivity index (χ1v) is 10.2. The summed E-state index contributed by atoms with van der Waals surface area (Å²) in [7, 11) is 0. The van der Waals surface area contributed by atoms with Crippen molar-refractivity contribution in [2.45, 2.75) is 85.0 Å². The molecule has 0 aliphatic heterocycles. The van der Waals surface area contributed by atoms with Crippen LogP contribution in [0.4, 0.5) is 0 Å². The van der Waals surface area contributed by atoms with Gasteiger partial charge in [0.25, 0.3) is 0 Å². The average molecular weight is 375 g/mol. The second-order valence-electron chi connectivity index (χ2n) is 8.96. The van der Waals surface area contributed by atoms with E-state index in [-0.39, 0.29) is 0 Å². The van der Waals surface area contributed by atoms with E-state index in [0.29, 0.717) is 6.42 Å². The van der Waals surface area contributed by atoms with Crippen molar-refractivity contribution in [2.75, 3.05) is 0 Å². The molecular weight excluding hydrogens is 340 g/mol. The summed E-state index contributed by atoms with van der Waals surface area (Å²) in [6.45, 7) is 5.68. The van der Waals surface area contributed by atoms with E-state index < -0.39 is 22.8 Å². The van der Waals surface area contributed by atoms with E-state index in [1.165, 1.54) is 16.7 Å². The summed E-state index contributed by atoms with van der Waals surface area (Å²) >= 11 is 0. The standard InChI is InChI=1S/C23H34O4/c1-17-10-11-18(8-4-6-12-22(2,3)20(24)25)19(16-17)9-5-7-13-23(14-15-23)21(26)27/h10-11,16H,4-9,12-15H2,1-3H3,(H,24,25)(H,26,27). The third-order valence-electron chi connectivity index (χ3n) is 6.10. The van der Waals surface area contributed by atoms with Gasteiger partial charge >= 0.3 is 11.9 Å². The summed E-state index contributed by atoms with van der Waals surface area (Å²) < 4.78 is 0. The molecule has 0 unspecified atom stereocenters. The summed E-state index contributed by atoms with van der Waals surface area (Å²) in [5.74, 6) is -1.35. The van der Waals surface area contributed by atoms with Gasteiger partial charge in [-0.2, -0.15) is 0 Å². The second kappa shape index (κ2) is 8.90. The van der Waals surface area contributed by atoms with E-state index >= 15 is 0 Å². The van der Waals surface area contributed by atoms with Crippen LogP contribution in [0.2, 0.25) is 0 Å². The van der Waals surface area contributed by atoms with E-state index in [0.717, 1.165) is 57.8 Å². The van der Waals surface area contributed by atoms with Crippen LogP contribution < -0.4 is 0 Å². The monoisotopic (exact) mass is 374 g/mol. The summed E-state index contributed by atoms with van der Waals surface area (Å²) in [6.07, 6.45) is 9.04. The fourth-order valence-electron chi connectivity index (χ4n) is 3.72. The van der Waals surface area contributed by atoms with Gasteiger partial charge in [-0.25, -0.2) is 0 Å². The van der Waals surface area contributed by atoms with Gasteiger partial charge < -0.3 is 10.2 Å². The minimum absolute atomic E-state index is 0.410. The lowest BCUT2D eigenvalue weighted by atomic mass is 9.86. The van der Waals surface area contributed by atoms with E-state index in [2.05, 4.69) is 25.1 Å².